The first kappa shape index (κ1) is 23.9. The van der Waals surface area contributed by atoms with Crippen LogP contribution in [0.4, 0.5) is 21.8 Å². The van der Waals surface area contributed by atoms with E-state index in [4.69, 9.17) is 9.84 Å². The molecule has 0 unspecified atom stereocenters. The second kappa shape index (κ2) is 10.7. The Morgan fingerprint density at radius 3 is 2.42 bits per heavy atom. The average Bonchev–Trinajstić information content (AvgIpc) is 2.77. The van der Waals surface area contributed by atoms with Crippen LogP contribution in [0.3, 0.4) is 0 Å². The summed E-state index contributed by atoms with van der Waals surface area (Å²) in [5.74, 6) is -0.413. The highest BCUT2D eigenvalue weighted by Gasteiger charge is 2.13. The third kappa shape index (κ3) is 7.40. The van der Waals surface area contributed by atoms with Crippen molar-refractivity contribution in [2.45, 2.75) is 11.8 Å². The minimum absolute atomic E-state index is 0.0164. The predicted molar refractivity (Wildman–Crippen MR) is 120 cm³/mol. The second-order valence-corrected chi connectivity index (χ2v) is 8.60. The van der Waals surface area contributed by atoms with Gasteiger partial charge in [0.2, 0.25) is 16.0 Å². The third-order valence-corrected chi connectivity index (χ3v) is 5.64. The second-order valence-electron chi connectivity index (χ2n) is 6.83. The summed E-state index contributed by atoms with van der Waals surface area (Å²) in [5.41, 5.74) is 1.34. The van der Waals surface area contributed by atoms with Gasteiger partial charge in [0.15, 0.2) is 6.61 Å². The molecule has 33 heavy (non-hydrogen) atoms. The van der Waals surface area contributed by atoms with Gasteiger partial charge in [0.25, 0.3) is 0 Å². The van der Waals surface area contributed by atoms with Crippen molar-refractivity contribution in [1.29, 1.82) is 0 Å². The standard InChI is InChI=1S/C21H22FN5O5S/c1-14-12-19(26-16-4-2-15(22)3-5-16)27-21(25-14)23-10-11-24-33(30,31)18-8-6-17(7-9-18)32-13-20(28)29/h2-9,12,24H,10-11,13H2,1H3,(H,28,29)(H2,23,25,26,27). The average molecular weight is 476 g/mol. The summed E-state index contributed by atoms with van der Waals surface area (Å²) in [6, 6.07) is 13.0. The lowest BCUT2D eigenvalue weighted by atomic mass is 10.3. The number of aliphatic carboxylic acids is 1. The SMILES string of the molecule is Cc1cc(Nc2ccc(F)cc2)nc(NCCNS(=O)(=O)c2ccc(OCC(=O)O)cc2)n1. The van der Waals surface area contributed by atoms with Gasteiger partial charge in [-0.05, 0) is 55.5 Å². The molecule has 0 amide bonds. The van der Waals surface area contributed by atoms with E-state index in [0.717, 1.165) is 0 Å². The molecule has 174 valence electrons. The first-order chi connectivity index (χ1) is 15.7. The Morgan fingerprint density at radius 2 is 1.76 bits per heavy atom. The van der Waals surface area contributed by atoms with Gasteiger partial charge in [-0.3, -0.25) is 0 Å². The fourth-order valence-electron chi connectivity index (χ4n) is 2.70. The summed E-state index contributed by atoms with van der Waals surface area (Å²) < 4.78 is 45.3. The van der Waals surface area contributed by atoms with E-state index in [1.54, 1.807) is 25.1 Å². The summed E-state index contributed by atoms with van der Waals surface area (Å²) in [4.78, 5) is 19.1. The van der Waals surface area contributed by atoms with Gasteiger partial charge >= 0.3 is 5.97 Å². The molecule has 0 saturated carbocycles. The highest BCUT2D eigenvalue weighted by atomic mass is 32.2. The molecule has 12 heteroatoms. The number of halogens is 1. The summed E-state index contributed by atoms with van der Waals surface area (Å²) in [7, 11) is -3.77. The quantitative estimate of drug-likeness (QED) is 0.308. The maximum atomic E-state index is 13.1. The molecule has 0 aliphatic carbocycles. The number of aromatic nitrogens is 2. The molecule has 3 aromatic rings. The Kier molecular flexibility index (Phi) is 7.74. The highest BCUT2D eigenvalue weighted by molar-refractivity contribution is 7.89. The zero-order valence-electron chi connectivity index (χ0n) is 17.6. The largest absolute Gasteiger partial charge is 0.482 e. The molecule has 0 aliphatic rings. The zero-order chi connectivity index (χ0) is 23.8. The van der Waals surface area contributed by atoms with E-state index in [-0.39, 0.29) is 29.6 Å². The smallest absolute Gasteiger partial charge is 0.341 e. The van der Waals surface area contributed by atoms with Gasteiger partial charge in [0.05, 0.1) is 4.90 Å². The Balaban J connectivity index is 1.53. The lowest BCUT2D eigenvalue weighted by Gasteiger charge is -2.11. The van der Waals surface area contributed by atoms with Crippen LogP contribution in [0.5, 0.6) is 5.75 Å². The van der Waals surface area contributed by atoms with Crippen LogP contribution < -0.4 is 20.1 Å². The van der Waals surface area contributed by atoms with Crippen molar-refractivity contribution in [3.63, 3.8) is 0 Å². The third-order valence-electron chi connectivity index (χ3n) is 4.17. The van der Waals surface area contributed by atoms with Crippen molar-refractivity contribution in [3.8, 4) is 5.75 Å². The summed E-state index contributed by atoms with van der Waals surface area (Å²) in [6.45, 7) is 1.56. The van der Waals surface area contributed by atoms with Gasteiger partial charge in [-0.2, -0.15) is 4.98 Å². The Bertz CT molecular complexity index is 1200. The molecule has 3 rings (SSSR count). The Labute approximate surface area is 189 Å². The number of benzene rings is 2. The van der Waals surface area contributed by atoms with Crippen LogP contribution >= 0.6 is 0 Å². The number of hydrogen-bond acceptors (Lipinski definition) is 8. The molecule has 0 fully saturated rings. The van der Waals surface area contributed by atoms with Crippen molar-refractivity contribution in [2.24, 2.45) is 0 Å². The maximum absolute atomic E-state index is 13.1. The van der Waals surface area contributed by atoms with Crippen molar-refractivity contribution < 1.29 is 27.4 Å². The predicted octanol–water partition coefficient (Wildman–Crippen LogP) is 2.52. The number of aryl methyl sites for hydroxylation is 1. The zero-order valence-corrected chi connectivity index (χ0v) is 18.4. The molecular formula is C21H22FN5O5S. The first-order valence-corrected chi connectivity index (χ1v) is 11.3. The molecule has 0 bridgehead atoms. The topological polar surface area (TPSA) is 143 Å². The minimum Gasteiger partial charge on any atom is -0.482 e. The van der Waals surface area contributed by atoms with E-state index >= 15 is 0 Å². The summed E-state index contributed by atoms with van der Waals surface area (Å²) in [5, 5.41) is 14.6. The van der Waals surface area contributed by atoms with E-state index in [1.165, 1.54) is 36.4 Å². The molecule has 1 aromatic heterocycles. The lowest BCUT2D eigenvalue weighted by Crippen LogP contribution is -2.29. The van der Waals surface area contributed by atoms with Crippen LogP contribution in [-0.2, 0) is 14.8 Å². The fraction of sp³-hybridized carbons (Fsp3) is 0.190. The van der Waals surface area contributed by atoms with Gasteiger partial charge < -0.3 is 20.5 Å². The van der Waals surface area contributed by atoms with Crippen molar-refractivity contribution in [1.82, 2.24) is 14.7 Å². The van der Waals surface area contributed by atoms with Crippen molar-refractivity contribution >= 4 is 33.4 Å². The van der Waals surface area contributed by atoms with Crippen LogP contribution in [0.2, 0.25) is 0 Å². The highest BCUT2D eigenvalue weighted by Crippen LogP contribution is 2.18. The molecule has 0 atom stereocenters. The molecule has 0 saturated heterocycles. The van der Waals surface area contributed by atoms with E-state index in [9.17, 15) is 17.6 Å². The van der Waals surface area contributed by atoms with Crippen molar-refractivity contribution in [2.75, 3.05) is 30.3 Å². The number of nitrogens with one attached hydrogen (secondary N) is 3. The van der Waals surface area contributed by atoms with E-state index < -0.39 is 22.6 Å². The van der Waals surface area contributed by atoms with Gasteiger partial charge in [-0.15, -0.1) is 0 Å². The van der Waals surface area contributed by atoms with Crippen LogP contribution in [0.25, 0.3) is 0 Å². The van der Waals surface area contributed by atoms with Crippen LogP contribution in [0, 0.1) is 12.7 Å². The number of anilines is 3. The monoisotopic (exact) mass is 475 g/mol. The van der Waals surface area contributed by atoms with Gasteiger partial charge in [-0.1, -0.05) is 0 Å². The van der Waals surface area contributed by atoms with E-state index in [2.05, 4.69) is 25.3 Å². The normalized spacial score (nSPS) is 11.1. The minimum atomic E-state index is -3.77. The number of sulfonamides is 1. The molecule has 2 aromatic carbocycles. The molecule has 10 nitrogen and oxygen atoms in total. The van der Waals surface area contributed by atoms with Crippen LogP contribution in [-0.4, -0.2) is 49.2 Å². The lowest BCUT2D eigenvalue weighted by molar-refractivity contribution is -0.139. The van der Waals surface area contributed by atoms with Gasteiger partial charge in [-0.25, -0.2) is 27.3 Å². The Hall–Kier alpha value is -3.77. The molecule has 4 N–H and O–H groups in total. The number of carboxylic acids is 1. The summed E-state index contributed by atoms with van der Waals surface area (Å²) in [6.07, 6.45) is 0. The number of rotatable bonds is 11. The maximum Gasteiger partial charge on any atom is 0.341 e. The van der Waals surface area contributed by atoms with Crippen LogP contribution in [0.15, 0.2) is 59.5 Å². The van der Waals surface area contributed by atoms with Gasteiger partial charge in [0, 0.05) is 30.5 Å². The molecule has 0 spiro atoms. The van der Waals surface area contributed by atoms with E-state index in [1.807, 2.05) is 0 Å². The molecular weight excluding hydrogens is 453 g/mol. The molecule has 0 radical (unpaired) electrons. The number of ether oxygens (including phenoxy) is 1. The van der Waals surface area contributed by atoms with E-state index in [0.29, 0.717) is 23.1 Å². The first-order valence-electron chi connectivity index (χ1n) is 9.78. The van der Waals surface area contributed by atoms with Gasteiger partial charge in [0.1, 0.15) is 17.4 Å². The fourth-order valence-corrected chi connectivity index (χ4v) is 3.73. The summed E-state index contributed by atoms with van der Waals surface area (Å²) >= 11 is 0. The number of carboxylic acid groups (broad SMARTS) is 1. The van der Waals surface area contributed by atoms with Crippen LogP contribution in [0.1, 0.15) is 5.69 Å². The number of hydrogen-bond donors (Lipinski definition) is 4. The Morgan fingerprint density at radius 1 is 1.06 bits per heavy atom. The molecule has 0 aliphatic heterocycles. The van der Waals surface area contributed by atoms with Crippen molar-refractivity contribution in [3.05, 3.63) is 66.1 Å². The molecule has 1 heterocycles. The number of nitrogens with zero attached hydrogens (tertiary/aromatic N) is 2. The number of carbonyl (C=O) groups is 1.